The van der Waals surface area contributed by atoms with Gasteiger partial charge < -0.3 is 15.5 Å². The summed E-state index contributed by atoms with van der Waals surface area (Å²) in [5.41, 5.74) is 0. The van der Waals surface area contributed by atoms with Crippen LogP contribution in [0.2, 0.25) is 0 Å². The van der Waals surface area contributed by atoms with Crippen LogP contribution < -0.4 is 5.32 Å². The molecule has 5 nitrogen and oxygen atoms in total. The average molecular weight is 174 g/mol. The van der Waals surface area contributed by atoms with Gasteiger partial charge in [0.2, 0.25) is 0 Å². The maximum absolute atomic E-state index is 9.00. The number of aliphatic carboxylic acids is 1. The first-order valence-electron chi connectivity index (χ1n) is 3.74. The number of aliphatic hydroxyl groups excluding tert-OH is 1. The molecule has 0 spiro atoms. The summed E-state index contributed by atoms with van der Waals surface area (Å²) in [6.07, 6.45) is 1.19. The second-order valence-corrected chi connectivity index (χ2v) is 2.52. The molecule has 4 N–H and O–H groups in total. The van der Waals surface area contributed by atoms with E-state index in [1.165, 1.54) is 0 Å². The molecule has 12 heavy (non-hydrogen) atoms. The zero-order valence-corrected chi connectivity index (χ0v) is 7.00. The molecule has 1 atom stereocenters. The largest absolute Gasteiger partial charge is 0.481 e. The number of carbonyl (C=O) groups is 1. The highest BCUT2D eigenvalue weighted by Crippen LogP contribution is 2.00. The van der Waals surface area contributed by atoms with Crippen molar-refractivity contribution in [3.8, 4) is 0 Å². The Morgan fingerprint density at radius 3 is 2.50 bits per heavy atom. The van der Waals surface area contributed by atoms with Crippen LogP contribution in [-0.4, -0.2) is 34.7 Å². The first kappa shape index (κ1) is 10.9. The Bertz CT molecular complexity index is 166. The van der Waals surface area contributed by atoms with Crippen molar-refractivity contribution in [2.45, 2.75) is 25.9 Å². The van der Waals surface area contributed by atoms with Crippen LogP contribution in [0.5, 0.6) is 0 Å². The third-order valence-electron chi connectivity index (χ3n) is 1.30. The van der Waals surface area contributed by atoms with Crippen molar-refractivity contribution in [3.63, 3.8) is 0 Å². The average Bonchev–Trinajstić information content (AvgIpc) is 1.94. The van der Waals surface area contributed by atoms with E-state index < -0.39 is 12.1 Å². The van der Waals surface area contributed by atoms with E-state index in [1.54, 1.807) is 0 Å². The minimum absolute atomic E-state index is 0.274. The van der Waals surface area contributed by atoms with E-state index in [1.807, 2.05) is 0 Å². The lowest BCUT2D eigenvalue weighted by Gasteiger charge is -2.18. The molecule has 0 aromatic rings. The van der Waals surface area contributed by atoms with Gasteiger partial charge in [0.1, 0.15) is 11.9 Å². The summed E-state index contributed by atoms with van der Waals surface area (Å²) in [6, 6.07) is 0. The summed E-state index contributed by atoms with van der Waals surface area (Å²) in [6.45, 7) is 1.93. The van der Waals surface area contributed by atoms with Gasteiger partial charge in [0, 0.05) is 13.5 Å². The van der Waals surface area contributed by atoms with Crippen molar-refractivity contribution in [1.29, 1.82) is 5.41 Å². The zero-order valence-electron chi connectivity index (χ0n) is 7.00. The van der Waals surface area contributed by atoms with Crippen LogP contribution >= 0.6 is 0 Å². The van der Waals surface area contributed by atoms with E-state index in [0.29, 0.717) is 0 Å². The maximum Gasteiger partial charge on any atom is 0.300 e. The molecule has 0 radical (unpaired) electrons. The highest BCUT2D eigenvalue weighted by molar-refractivity contribution is 5.83. The second kappa shape index (κ2) is 5.54. The normalized spacial score (nSPS) is 21.8. The van der Waals surface area contributed by atoms with E-state index in [9.17, 15) is 0 Å². The lowest BCUT2D eigenvalue weighted by molar-refractivity contribution is -0.134. The molecule has 0 aromatic carbocycles. The summed E-state index contributed by atoms with van der Waals surface area (Å²) in [5, 5.41) is 26.1. The van der Waals surface area contributed by atoms with Crippen molar-refractivity contribution in [2.24, 2.45) is 0 Å². The van der Waals surface area contributed by atoms with Gasteiger partial charge in [-0.1, -0.05) is 0 Å². The number of carboxylic acids is 1. The Hall–Kier alpha value is -1.10. The highest BCUT2D eigenvalue weighted by Gasteiger charge is 2.13. The van der Waals surface area contributed by atoms with E-state index >= 15 is 0 Å². The van der Waals surface area contributed by atoms with Crippen molar-refractivity contribution in [3.05, 3.63) is 0 Å². The molecule has 0 aliphatic carbocycles. The molecule has 5 heteroatoms. The minimum Gasteiger partial charge on any atom is -0.481 e. The molecule has 1 aliphatic heterocycles. The van der Waals surface area contributed by atoms with E-state index in [4.69, 9.17) is 20.4 Å². The van der Waals surface area contributed by atoms with Crippen LogP contribution in [0, 0.1) is 5.41 Å². The summed E-state index contributed by atoms with van der Waals surface area (Å²) >= 11 is 0. The number of carboxylic acid groups (broad SMARTS) is 1. The molecule has 70 valence electrons. The van der Waals surface area contributed by atoms with Crippen molar-refractivity contribution >= 4 is 11.8 Å². The number of amidine groups is 1. The molecule has 0 aromatic heterocycles. The Morgan fingerprint density at radius 1 is 1.75 bits per heavy atom. The lowest BCUT2D eigenvalue weighted by Crippen LogP contribution is -2.39. The lowest BCUT2D eigenvalue weighted by atomic mass is 10.1. The van der Waals surface area contributed by atoms with Crippen molar-refractivity contribution in [2.75, 3.05) is 6.54 Å². The summed E-state index contributed by atoms with van der Waals surface area (Å²) in [7, 11) is 0. The van der Waals surface area contributed by atoms with Gasteiger partial charge in [-0.15, -0.1) is 0 Å². The fraction of sp³-hybridized carbons (Fsp3) is 0.714. The van der Waals surface area contributed by atoms with Crippen LogP contribution in [0.1, 0.15) is 19.8 Å². The second-order valence-electron chi connectivity index (χ2n) is 2.52. The summed E-state index contributed by atoms with van der Waals surface area (Å²) in [5.74, 6) is -0.559. The highest BCUT2D eigenvalue weighted by atomic mass is 16.4. The molecule has 0 amide bonds. The smallest absolute Gasteiger partial charge is 0.300 e. The van der Waals surface area contributed by atoms with Crippen LogP contribution in [0.3, 0.4) is 0 Å². The third-order valence-corrected chi connectivity index (χ3v) is 1.30. The molecule has 1 fully saturated rings. The molecule has 1 saturated heterocycles. The SMILES string of the molecule is CC(=O)O.N=C1NCCCC1O. The van der Waals surface area contributed by atoms with E-state index in [-0.39, 0.29) is 5.84 Å². The first-order chi connectivity index (χ1) is 5.54. The van der Waals surface area contributed by atoms with Crippen LogP contribution in [0.15, 0.2) is 0 Å². The van der Waals surface area contributed by atoms with Crippen molar-refractivity contribution < 1.29 is 15.0 Å². The van der Waals surface area contributed by atoms with E-state index in [0.717, 1.165) is 26.3 Å². The van der Waals surface area contributed by atoms with Gasteiger partial charge in [0.25, 0.3) is 5.97 Å². The topological polar surface area (TPSA) is 93.4 Å². The number of aliphatic hydroxyl groups is 1. The predicted molar refractivity (Wildman–Crippen MR) is 44.3 cm³/mol. The molecule has 0 saturated carbocycles. The molecular weight excluding hydrogens is 160 g/mol. The van der Waals surface area contributed by atoms with Gasteiger partial charge in [-0.25, -0.2) is 0 Å². The molecular formula is C7H14N2O3. The first-order valence-corrected chi connectivity index (χ1v) is 3.74. The Labute approximate surface area is 70.9 Å². The number of hydrogen-bond donors (Lipinski definition) is 4. The minimum atomic E-state index is -0.833. The quantitative estimate of drug-likeness (QED) is 0.409. The third kappa shape index (κ3) is 5.67. The monoisotopic (exact) mass is 174 g/mol. The van der Waals surface area contributed by atoms with Gasteiger partial charge in [-0.2, -0.15) is 0 Å². The van der Waals surface area contributed by atoms with Gasteiger partial charge in [-0.3, -0.25) is 10.2 Å². The Morgan fingerprint density at radius 2 is 2.25 bits per heavy atom. The fourth-order valence-corrected chi connectivity index (χ4v) is 0.781. The number of hydrogen-bond acceptors (Lipinski definition) is 3. The fourth-order valence-electron chi connectivity index (χ4n) is 0.781. The molecule has 1 aliphatic rings. The van der Waals surface area contributed by atoms with Gasteiger partial charge in [0.05, 0.1) is 0 Å². The van der Waals surface area contributed by atoms with E-state index in [2.05, 4.69) is 5.32 Å². The molecule has 1 unspecified atom stereocenters. The number of piperidine rings is 1. The number of nitrogens with one attached hydrogen (secondary N) is 2. The van der Waals surface area contributed by atoms with Crippen LogP contribution in [-0.2, 0) is 4.79 Å². The van der Waals surface area contributed by atoms with Gasteiger partial charge in [-0.05, 0) is 12.8 Å². The summed E-state index contributed by atoms with van der Waals surface area (Å²) in [4.78, 5) is 9.00. The predicted octanol–water partition coefficient (Wildman–Crippen LogP) is -0.201. The zero-order chi connectivity index (χ0) is 9.56. The maximum atomic E-state index is 9.00. The molecule has 1 rings (SSSR count). The van der Waals surface area contributed by atoms with Crippen LogP contribution in [0.4, 0.5) is 0 Å². The van der Waals surface area contributed by atoms with Crippen molar-refractivity contribution in [1.82, 2.24) is 5.32 Å². The Kier molecular flexibility index (Phi) is 5.03. The van der Waals surface area contributed by atoms with Crippen LogP contribution in [0.25, 0.3) is 0 Å². The van der Waals surface area contributed by atoms with Gasteiger partial charge >= 0.3 is 0 Å². The molecule has 1 heterocycles. The number of rotatable bonds is 0. The summed E-state index contributed by atoms with van der Waals surface area (Å²) < 4.78 is 0. The Balaban J connectivity index is 0.000000261. The van der Waals surface area contributed by atoms with Gasteiger partial charge in [0.15, 0.2) is 0 Å². The standard InChI is InChI=1S/C5H10N2O.C2H4O2/c6-5-4(8)2-1-3-7-5;1-2(3)4/h4,8H,1-3H2,(H2,6,7);1H3,(H,3,4). The molecule has 0 bridgehead atoms.